The summed E-state index contributed by atoms with van der Waals surface area (Å²) in [6.45, 7) is 1.95. The third-order valence-corrected chi connectivity index (χ3v) is 4.14. The summed E-state index contributed by atoms with van der Waals surface area (Å²) >= 11 is 0. The van der Waals surface area contributed by atoms with Gasteiger partial charge in [-0.3, -0.25) is 9.67 Å². The fraction of sp³-hybridized carbons (Fsp3) is 0.333. The van der Waals surface area contributed by atoms with Gasteiger partial charge in [0.05, 0.1) is 11.6 Å². The van der Waals surface area contributed by atoms with Crippen molar-refractivity contribution >= 4 is 46.8 Å². The zero-order chi connectivity index (χ0) is 19.2. The van der Waals surface area contributed by atoms with E-state index < -0.39 is 0 Å². The molecule has 2 heterocycles. The van der Waals surface area contributed by atoms with Crippen molar-refractivity contribution in [1.29, 1.82) is 0 Å². The number of hydrogen-bond acceptors (Lipinski definition) is 5. The van der Waals surface area contributed by atoms with Crippen molar-refractivity contribution in [3.63, 3.8) is 0 Å². The molecule has 0 saturated heterocycles. The molecule has 0 unspecified atom stereocenters. The first-order valence-corrected chi connectivity index (χ1v) is 8.61. The molecule has 0 radical (unpaired) electrons. The van der Waals surface area contributed by atoms with Crippen molar-refractivity contribution in [2.24, 2.45) is 12.0 Å². The highest BCUT2D eigenvalue weighted by atomic mass is 127. The average molecular weight is 498 g/mol. The number of anilines is 1. The number of nitrogens with one attached hydrogen (secondary N) is 2. The average Bonchev–Trinajstić information content (AvgIpc) is 3.05. The fourth-order valence-corrected chi connectivity index (χ4v) is 2.78. The highest BCUT2D eigenvalue weighted by molar-refractivity contribution is 14.0. The minimum atomic E-state index is -0.234. The van der Waals surface area contributed by atoms with E-state index in [0.717, 1.165) is 28.4 Å². The van der Waals surface area contributed by atoms with Gasteiger partial charge in [-0.15, -0.1) is 24.0 Å². The zero-order valence-corrected chi connectivity index (χ0v) is 18.4. The molecular formula is C18H24FIN8. The van der Waals surface area contributed by atoms with Crippen LogP contribution in [0.1, 0.15) is 5.56 Å². The van der Waals surface area contributed by atoms with E-state index in [1.54, 1.807) is 30.1 Å². The van der Waals surface area contributed by atoms with Gasteiger partial charge in [0.2, 0.25) is 0 Å². The molecule has 3 aromatic rings. The second-order valence-corrected chi connectivity index (χ2v) is 6.11. The summed E-state index contributed by atoms with van der Waals surface area (Å²) in [5, 5.41) is 11.7. The number of guanidine groups is 1. The lowest BCUT2D eigenvalue weighted by Gasteiger charge is -2.22. The Morgan fingerprint density at radius 2 is 1.96 bits per heavy atom. The highest BCUT2D eigenvalue weighted by Gasteiger charge is 2.08. The Labute approximate surface area is 180 Å². The van der Waals surface area contributed by atoms with E-state index in [9.17, 15) is 4.39 Å². The molecule has 10 heteroatoms. The summed E-state index contributed by atoms with van der Waals surface area (Å²) in [6, 6.07) is 6.47. The Hall–Kier alpha value is -2.50. The van der Waals surface area contributed by atoms with Gasteiger partial charge in [-0.05, 0) is 17.7 Å². The lowest BCUT2D eigenvalue weighted by molar-refractivity contribution is 0.477. The second-order valence-electron chi connectivity index (χ2n) is 6.11. The van der Waals surface area contributed by atoms with Crippen LogP contribution in [0.25, 0.3) is 11.0 Å². The number of fused-ring (bicyclic) bond motifs is 1. The van der Waals surface area contributed by atoms with Gasteiger partial charge in [0, 0.05) is 40.8 Å². The van der Waals surface area contributed by atoms with Crippen molar-refractivity contribution in [3.8, 4) is 0 Å². The van der Waals surface area contributed by atoms with Crippen molar-refractivity contribution in [3.05, 3.63) is 48.2 Å². The molecule has 1 aromatic carbocycles. The molecule has 0 amide bonds. The molecule has 150 valence electrons. The van der Waals surface area contributed by atoms with Crippen LogP contribution in [0, 0.1) is 5.82 Å². The first-order chi connectivity index (χ1) is 13.1. The summed E-state index contributed by atoms with van der Waals surface area (Å²) < 4.78 is 14.7. The molecule has 0 aliphatic rings. The van der Waals surface area contributed by atoms with E-state index in [1.807, 2.05) is 19.0 Å². The van der Waals surface area contributed by atoms with E-state index in [0.29, 0.717) is 19.6 Å². The molecule has 0 saturated carbocycles. The van der Waals surface area contributed by atoms with Gasteiger partial charge in [0.1, 0.15) is 18.0 Å². The van der Waals surface area contributed by atoms with Crippen LogP contribution in [-0.2, 0) is 13.6 Å². The molecule has 2 N–H and O–H groups in total. The van der Waals surface area contributed by atoms with E-state index >= 15 is 0 Å². The van der Waals surface area contributed by atoms with Crippen molar-refractivity contribution < 1.29 is 4.39 Å². The molecule has 0 aliphatic heterocycles. The molecule has 0 atom stereocenters. The molecule has 0 aliphatic carbocycles. The number of hydrogen-bond donors (Lipinski definition) is 2. The highest BCUT2D eigenvalue weighted by Crippen LogP contribution is 2.17. The molecule has 3 rings (SSSR count). The monoisotopic (exact) mass is 498 g/mol. The molecular weight excluding hydrogens is 474 g/mol. The molecule has 2 aromatic heterocycles. The topological polar surface area (TPSA) is 83.3 Å². The van der Waals surface area contributed by atoms with Crippen LogP contribution in [0.4, 0.5) is 10.2 Å². The van der Waals surface area contributed by atoms with Crippen LogP contribution in [0.5, 0.6) is 0 Å². The van der Waals surface area contributed by atoms with Crippen LogP contribution in [0.2, 0.25) is 0 Å². The number of aliphatic imine (C=N–C) groups is 1. The van der Waals surface area contributed by atoms with Crippen molar-refractivity contribution in [1.82, 2.24) is 30.0 Å². The van der Waals surface area contributed by atoms with E-state index in [-0.39, 0.29) is 29.8 Å². The van der Waals surface area contributed by atoms with Gasteiger partial charge in [-0.2, -0.15) is 5.10 Å². The Morgan fingerprint density at radius 1 is 1.21 bits per heavy atom. The van der Waals surface area contributed by atoms with Crippen LogP contribution in [0.15, 0.2) is 41.8 Å². The Kier molecular flexibility index (Phi) is 7.91. The third-order valence-electron chi connectivity index (χ3n) is 4.14. The lowest BCUT2D eigenvalue weighted by atomic mass is 10.2. The maximum Gasteiger partial charge on any atom is 0.193 e. The smallest absolute Gasteiger partial charge is 0.193 e. The maximum atomic E-state index is 13.0. The summed E-state index contributed by atoms with van der Waals surface area (Å²) in [7, 11) is 5.53. The number of halogens is 2. The normalized spacial score (nSPS) is 11.2. The fourth-order valence-electron chi connectivity index (χ4n) is 2.78. The van der Waals surface area contributed by atoms with Gasteiger partial charge in [0.25, 0.3) is 0 Å². The Bertz CT molecular complexity index is 925. The summed E-state index contributed by atoms with van der Waals surface area (Å²) in [6.07, 6.45) is 3.27. The van der Waals surface area contributed by atoms with E-state index in [4.69, 9.17) is 0 Å². The third kappa shape index (κ3) is 5.27. The summed E-state index contributed by atoms with van der Waals surface area (Å²) in [4.78, 5) is 14.8. The number of nitrogens with zero attached hydrogens (tertiary/aromatic N) is 6. The van der Waals surface area contributed by atoms with Crippen molar-refractivity contribution in [2.75, 3.05) is 32.5 Å². The predicted octanol–water partition coefficient (Wildman–Crippen LogP) is 2.24. The Morgan fingerprint density at radius 3 is 2.68 bits per heavy atom. The van der Waals surface area contributed by atoms with Gasteiger partial charge < -0.3 is 15.5 Å². The zero-order valence-electron chi connectivity index (χ0n) is 16.1. The van der Waals surface area contributed by atoms with Crippen LogP contribution < -0.4 is 10.6 Å². The maximum absolute atomic E-state index is 13.0. The first-order valence-electron chi connectivity index (χ1n) is 8.61. The van der Waals surface area contributed by atoms with Gasteiger partial charge in [-0.1, -0.05) is 12.1 Å². The van der Waals surface area contributed by atoms with Gasteiger partial charge in [-0.25, -0.2) is 14.4 Å². The molecule has 0 bridgehead atoms. The lowest BCUT2D eigenvalue weighted by Crippen LogP contribution is -2.40. The second kappa shape index (κ2) is 10.2. The van der Waals surface area contributed by atoms with Crippen LogP contribution in [0.3, 0.4) is 0 Å². The molecule has 0 fully saturated rings. The van der Waals surface area contributed by atoms with Gasteiger partial charge in [0.15, 0.2) is 11.6 Å². The molecule has 8 nitrogen and oxygen atoms in total. The van der Waals surface area contributed by atoms with E-state index in [1.165, 1.54) is 18.5 Å². The number of benzene rings is 1. The minimum absolute atomic E-state index is 0. The largest absolute Gasteiger partial charge is 0.368 e. The van der Waals surface area contributed by atoms with Gasteiger partial charge >= 0.3 is 0 Å². The standard InChI is InChI=1S/C18H23FN8.HI/c1-20-18(26(2)11-13-4-6-14(19)7-5-13)22-9-8-21-16-15-10-25-27(3)17(15)24-12-23-16;/h4-7,10,12H,8-9,11H2,1-3H3,(H,20,22)(H,21,23,24);1H. The SMILES string of the molecule is CN=C(NCCNc1ncnc2c1cnn2C)N(C)Cc1ccc(F)cc1.I. The summed E-state index contributed by atoms with van der Waals surface area (Å²) in [5.41, 5.74) is 1.80. The number of rotatable bonds is 6. The molecule has 28 heavy (non-hydrogen) atoms. The number of aryl methyl sites for hydroxylation is 1. The Balaban J connectivity index is 0.00000280. The quantitative estimate of drug-likeness (QED) is 0.235. The number of aromatic nitrogens is 4. The minimum Gasteiger partial charge on any atom is -0.368 e. The predicted molar refractivity (Wildman–Crippen MR) is 119 cm³/mol. The van der Waals surface area contributed by atoms with Crippen LogP contribution >= 0.6 is 24.0 Å². The van der Waals surface area contributed by atoms with Crippen LogP contribution in [-0.4, -0.2) is 57.8 Å². The van der Waals surface area contributed by atoms with E-state index in [2.05, 4.69) is 30.7 Å². The van der Waals surface area contributed by atoms with Crippen molar-refractivity contribution in [2.45, 2.75) is 6.54 Å². The summed E-state index contributed by atoms with van der Waals surface area (Å²) in [5.74, 6) is 1.28. The molecule has 0 spiro atoms. The first kappa shape index (κ1) is 21.8.